The molecule has 0 aliphatic carbocycles. The standard InChI is InChI=1S/C9H13O3P/c1-2-8-13(10,11)12-9-6-4-3-5-7-9/h3-7H,2,8H2,1H3,(H,10,11). The van der Waals surface area contributed by atoms with E-state index in [1.165, 1.54) is 0 Å². The fourth-order valence-electron chi connectivity index (χ4n) is 0.974. The summed E-state index contributed by atoms with van der Waals surface area (Å²) in [5.74, 6) is 0.446. The van der Waals surface area contributed by atoms with Crippen LogP contribution in [0.25, 0.3) is 0 Å². The monoisotopic (exact) mass is 200 g/mol. The Bertz CT molecular complexity index is 297. The third-order valence-corrected chi connectivity index (χ3v) is 3.01. The van der Waals surface area contributed by atoms with Crippen LogP contribution in [0.15, 0.2) is 30.3 Å². The van der Waals surface area contributed by atoms with Crippen LogP contribution in [0.4, 0.5) is 0 Å². The molecule has 1 atom stereocenters. The van der Waals surface area contributed by atoms with E-state index >= 15 is 0 Å². The molecule has 72 valence electrons. The van der Waals surface area contributed by atoms with Gasteiger partial charge in [-0.3, -0.25) is 0 Å². The van der Waals surface area contributed by atoms with Crippen molar-refractivity contribution in [3.05, 3.63) is 30.3 Å². The molecule has 1 unspecified atom stereocenters. The van der Waals surface area contributed by atoms with Crippen molar-refractivity contribution in [1.29, 1.82) is 0 Å². The minimum absolute atomic E-state index is 0.196. The Morgan fingerprint density at radius 3 is 2.54 bits per heavy atom. The third kappa shape index (κ3) is 3.62. The van der Waals surface area contributed by atoms with Gasteiger partial charge >= 0.3 is 7.60 Å². The van der Waals surface area contributed by atoms with Crippen LogP contribution in [-0.4, -0.2) is 11.1 Å². The lowest BCUT2D eigenvalue weighted by molar-refractivity contribution is 0.379. The van der Waals surface area contributed by atoms with Crippen molar-refractivity contribution in [2.75, 3.05) is 6.16 Å². The summed E-state index contributed by atoms with van der Waals surface area (Å²) in [6.45, 7) is 1.84. The normalized spacial score (nSPS) is 14.9. The highest BCUT2D eigenvalue weighted by Crippen LogP contribution is 2.42. The van der Waals surface area contributed by atoms with Gasteiger partial charge in [-0.15, -0.1) is 0 Å². The topological polar surface area (TPSA) is 46.5 Å². The smallest absolute Gasteiger partial charge is 0.376 e. The third-order valence-electron chi connectivity index (χ3n) is 1.50. The van der Waals surface area contributed by atoms with Crippen LogP contribution < -0.4 is 4.52 Å². The van der Waals surface area contributed by atoms with Gasteiger partial charge in [0.05, 0.1) is 6.16 Å². The Hall–Kier alpha value is -0.790. The molecular weight excluding hydrogens is 187 g/mol. The average Bonchev–Trinajstić information content (AvgIpc) is 2.04. The predicted molar refractivity (Wildman–Crippen MR) is 52.1 cm³/mol. The Balaban J connectivity index is 2.64. The zero-order valence-electron chi connectivity index (χ0n) is 7.51. The van der Waals surface area contributed by atoms with E-state index in [9.17, 15) is 9.46 Å². The summed E-state index contributed by atoms with van der Waals surface area (Å²) in [7, 11) is -3.41. The molecule has 0 radical (unpaired) electrons. The average molecular weight is 200 g/mol. The van der Waals surface area contributed by atoms with Crippen molar-refractivity contribution < 1.29 is 14.0 Å². The van der Waals surface area contributed by atoms with Crippen LogP contribution >= 0.6 is 7.60 Å². The Morgan fingerprint density at radius 2 is 2.00 bits per heavy atom. The molecule has 1 aromatic rings. The van der Waals surface area contributed by atoms with Crippen LogP contribution in [0.3, 0.4) is 0 Å². The van der Waals surface area contributed by atoms with Gasteiger partial charge in [0.2, 0.25) is 0 Å². The van der Waals surface area contributed by atoms with Gasteiger partial charge in [-0.25, -0.2) is 4.57 Å². The van der Waals surface area contributed by atoms with Gasteiger partial charge in [0.15, 0.2) is 0 Å². The first-order valence-corrected chi connectivity index (χ1v) is 5.97. The molecule has 0 amide bonds. The van der Waals surface area contributed by atoms with Gasteiger partial charge in [0.25, 0.3) is 0 Å². The summed E-state index contributed by atoms with van der Waals surface area (Å²) < 4.78 is 16.3. The fourth-order valence-corrected chi connectivity index (χ4v) is 2.08. The summed E-state index contributed by atoms with van der Waals surface area (Å²) in [5, 5.41) is 0. The number of benzene rings is 1. The number of para-hydroxylation sites is 1. The van der Waals surface area contributed by atoms with Crippen molar-refractivity contribution in [3.63, 3.8) is 0 Å². The Morgan fingerprint density at radius 1 is 1.38 bits per heavy atom. The second kappa shape index (κ2) is 4.45. The highest BCUT2D eigenvalue weighted by molar-refractivity contribution is 7.53. The molecule has 0 saturated heterocycles. The maximum atomic E-state index is 11.3. The van der Waals surface area contributed by atoms with Gasteiger partial charge < -0.3 is 9.42 Å². The van der Waals surface area contributed by atoms with Gasteiger partial charge in [-0.05, 0) is 18.6 Å². The molecule has 0 aliphatic rings. The van der Waals surface area contributed by atoms with E-state index in [4.69, 9.17) is 4.52 Å². The molecule has 1 aromatic carbocycles. The Labute approximate surface area is 77.9 Å². The predicted octanol–water partition coefficient (Wildman–Crippen LogP) is 2.66. The molecule has 0 aromatic heterocycles. The van der Waals surface area contributed by atoms with Crippen molar-refractivity contribution in [2.45, 2.75) is 13.3 Å². The maximum Gasteiger partial charge on any atom is 0.376 e. The lowest BCUT2D eigenvalue weighted by Gasteiger charge is -2.11. The molecular formula is C9H13O3P. The van der Waals surface area contributed by atoms with Crippen LogP contribution in [0.5, 0.6) is 5.75 Å². The van der Waals surface area contributed by atoms with Crippen molar-refractivity contribution in [3.8, 4) is 5.75 Å². The van der Waals surface area contributed by atoms with Crippen LogP contribution in [0.2, 0.25) is 0 Å². The van der Waals surface area contributed by atoms with Gasteiger partial charge in [0, 0.05) is 0 Å². The first-order chi connectivity index (χ1) is 6.14. The van der Waals surface area contributed by atoms with E-state index in [2.05, 4.69) is 0 Å². The summed E-state index contributed by atoms with van der Waals surface area (Å²) in [6.07, 6.45) is 0.836. The summed E-state index contributed by atoms with van der Waals surface area (Å²) in [5.41, 5.74) is 0. The van der Waals surface area contributed by atoms with Crippen LogP contribution in [0.1, 0.15) is 13.3 Å². The van der Waals surface area contributed by atoms with E-state index in [-0.39, 0.29) is 6.16 Å². The van der Waals surface area contributed by atoms with Crippen LogP contribution in [0, 0.1) is 0 Å². The van der Waals surface area contributed by atoms with Crippen molar-refractivity contribution >= 4 is 7.60 Å². The zero-order chi connectivity index (χ0) is 9.73. The highest BCUT2D eigenvalue weighted by atomic mass is 31.2. The first-order valence-electron chi connectivity index (χ1n) is 4.20. The van der Waals surface area contributed by atoms with E-state index in [0.29, 0.717) is 12.2 Å². The largest absolute Gasteiger partial charge is 0.424 e. The number of hydrogen-bond acceptors (Lipinski definition) is 2. The molecule has 3 nitrogen and oxygen atoms in total. The zero-order valence-corrected chi connectivity index (χ0v) is 8.41. The van der Waals surface area contributed by atoms with Gasteiger partial charge in [-0.2, -0.15) is 0 Å². The molecule has 0 saturated carbocycles. The molecule has 13 heavy (non-hydrogen) atoms. The van der Waals surface area contributed by atoms with Gasteiger partial charge in [-0.1, -0.05) is 25.1 Å². The molecule has 1 rings (SSSR count). The van der Waals surface area contributed by atoms with E-state index in [0.717, 1.165) is 0 Å². The summed E-state index contributed by atoms with van der Waals surface area (Å²) in [6, 6.07) is 8.69. The molecule has 0 aliphatic heterocycles. The molecule has 4 heteroatoms. The summed E-state index contributed by atoms with van der Waals surface area (Å²) >= 11 is 0. The van der Waals surface area contributed by atoms with E-state index in [1.807, 2.05) is 13.0 Å². The summed E-state index contributed by atoms with van der Waals surface area (Å²) in [4.78, 5) is 9.30. The SMILES string of the molecule is CCCP(=O)(O)Oc1ccccc1. The second-order valence-electron chi connectivity index (χ2n) is 2.77. The van der Waals surface area contributed by atoms with Gasteiger partial charge in [0.1, 0.15) is 5.75 Å². The maximum absolute atomic E-state index is 11.3. The molecule has 0 fully saturated rings. The van der Waals surface area contributed by atoms with Crippen molar-refractivity contribution in [1.82, 2.24) is 0 Å². The minimum atomic E-state index is -3.41. The first kappa shape index (κ1) is 10.3. The van der Waals surface area contributed by atoms with E-state index < -0.39 is 7.60 Å². The van der Waals surface area contributed by atoms with E-state index in [1.54, 1.807) is 24.3 Å². The molecule has 0 bridgehead atoms. The highest BCUT2D eigenvalue weighted by Gasteiger charge is 2.18. The lowest BCUT2D eigenvalue weighted by Crippen LogP contribution is -1.95. The minimum Gasteiger partial charge on any atom is -0.424 e. The number of rotatable bonds is 4. The molecule has 1 N–H and O–H groups in total. The quantitative estimate of drug-likeness (QED) is 0.760. The lowest BCUT2D eigenvalue weighted by atomic mass is 10.3. The Kier molecular flexibility index (Phi) is 3.52. The fraction of sp³-hybridized carbons (Fsp3) is 0.333. The molecule has 0 heterocycles. The number of hydrogen-bond donors (Lipinski definition) is 1. The molecule has 0 spiro atoms. The second-order valence-corrected chi connectivity index (χ2v) is 4.67. The van der Waals surface area contributed by atoms with Crippen molar-refractivity contribution in [2.24, 2.45) is 0 Å². The van der Waals surface area contributed by atoms with Crippen LogP contribution in [-0.2, 0) is 4.57 Å².